The molecule has 2 aliphatic heterocycles. The molecule has 3 N–H and O–H groups in total. The molecule has 0 bridgehead atoms. The molecular formula is C21H29N6O2. The smallest absolute Gasteiger partial charge is 0.314 e. The monoisotopic (exact) mass is 397 g/mol. The van der Waals surface area contributed by atoms with Crippen molar-refractivity contribution in [3.63, 3.8) is 0 Å². The largest absolute Gasteiger partial charge is 0.351 e. The van der Waals surface area contributed by atoms with E-state index in [1.807, 2.05) is 17.0 Å². The van der Waals surface area contributed by atoms with Gasteiger partial charge in [0, 0.05) is 50.7 Å². The molecular weight excluding hydrogens is 368 g/mol. The Morgan fingerprint density at radius 2 is 1.93 bits per heavy atom. The van der Waals surface area contributed by atoms with Gasteiger partial charge in [0.05, 0.1) is 18.1 Å². The van der Waals surface area contributed by atoms with Crippen LogP contribution in [0.5, 0.6) is 0 Å². The SMILES string of the molecule is NC(=O)N1CCC(N2CCCN(C(=O)[CH]Cc3ccc4[nH]ncc4c3)CC2)CC1. The van der Waals surface area contributed by atoms with E-state index in [1.54, 1.807) is 17.5 Å². The Kier molecular flexibility index (Phi) is 5.99. The third-order valence-electron chi connectivity index (χ3n) is 6.15. The normalized spacial score (nSPS) is 19.4. The van der Waals surface area contributed by atoms with E-state index in [4.69, 9.17) is 5.73 Å². The van der Waals surface area contributed by atoms with Gasteiger partial charge in [-0.3, -0.25) is 14.8 Å². The van der Waals surface area contributed by atoms with Gasteiger partial charge in [-0.05, 0) is 43.4 Å². The number of nitrogens with zero attached hydrogens (tertiary/aromatic N) is 4. The number of likely N-dealkylation sites (tertiary alicyclic amines) is 1. The number of H-pyrrole nitrogens is 1. The lowest BCUT2D eigenvalue weighted by Crippen LogP contribution is -2.49. The summed E-state index contributed by atoms with van der Waals surface area (Å²) < 4.78 is 0. The van der Waals surface area contributed by atoms with Crippen molar-refractivity contribution in [2.24, 2.45) is 5.73 Å². The number of amides is 3. The number of hydrogen-bond acceptors (Lipinski definition) is 4. The van der Waals surface area contributed by atoms with Gasteiger partial charge in [-0.25, -0.2) is 4.79 Å². The first-order valence-corrected chi connectivity index (χ1v) is 10.4. The van der Waals surface area contributed by atoms with Crippen molar-refractivity contribution in [1.29, 1.82) is 0 Å². The van der Waals surface area contributed by atoms with Gasteiger partial charge in [-0.2, -0.15) is 5.10 Å². The number of carbonyl (C=O) groups is 2. The number of hydrogen-bond donors (Lipinski definition) is 2. The first-order valence-electron chi connectivity index (χ1n) is 10.4. The summed E-state index contributed by atoms with van der Waals surface area (Å²) >= 11 is 0. The number of urea groups is 1. The van der Waals surface area contributed by atoms with E-state index in [9.17, 15) is 9.59 Å². The molecule has 0 aliphatic carbocycles. The van der Waals surface area contributed by atoms with Crippen LogP contribution < -0.4 is 5.73 Å². The van der Waals surface area contributed by atoms with Crippen LogP contribution in [0.2, 0.25) is 0 Å². The zero-order valence-electron chi connectivity index (χ0n) is 16.7. The van der Waals surface area contributed by atoms with Gasteiger partial charge in [-0.1, -0.05) is 6.07 Å². The van der Waals surface area contributed by atoms with Crippen LogP contribution >= 0.6 is 0 Å². The Hall–Kier alpha value is -2.61. The highest BCUT2D eigenvalue weighted by atomic mass is 16.2. The van der Waals surface area contributed by atoms with Crippen LogP contribution in [0.3, 0.4) is 0 Å². The van der Waals surface area contributed by atoms with E-state index >= 15 is 0 Å². The number of piperidine rings is 1. The summed E-state index contributed by atoms with van der Waals surface area (Å²) in [7, 11) is 0. The number of nitrogens with two attached hydrogens (primary N) is 1. The maximum absolute atomic E-state index is 12.7. The third-order valence-corrected chi connectivity index (χ3v) is 6.15. The minimum absolute atomic E-state index is 0.114. The molecule has 3 heterocycles. The lowest BCUT2D eigenvalue weighted by atomic mass is 10.0. The van der Waals surface area contributed by atoms with E-state index in [0.29, 0.717) is 12.5 Å². The number of nitrogens with one attached hydrogen (secondary N) is 1. The fourth-order valence-corrected chi connectivity index (χ4v) is 4.43. The molecule has 2 saturated heterocycles. The second-order valence-electron chi connectivity index (χ2n) is 7.97. The molecule has 8 nitrogen and oxygen atoms in total. The summed E-state index contributed by atoms with van der Waals surface area (Å²) in [6.45, 7) is 4.91. The van der Waals surface area contributed by atoms with E-state index < -0.39 is 0 Å². The summed E-state index contributed by atoms with van der Waals surface area (Å²) in [6, 6.07) is 6.27. The average molecular weight is 398 g/mol. The fourth-order valence-electron chi connectivity index (χ4n) is 4.43. The second-order valence-corrected chi connectivity index (χ2v) is 7.97. The summed E-state index contributed by atoms with van der Waals surface area (Å²) in [5.74, 6) is 0.114. The maximum atomic E-state index is 12.7. The number of fused-ring (bicyclic) bond motifs is 1. The number of aromatic nitrogens is 2. The molecule has 0 unspecified atom stereocenters. The van der Waals surface area contributed by atoms with Crippen molar-refractivity contribution in [3.8, 4) is 0 Å². The molecule has 2 aromatic rings. The number of carbonyl (C=O) groups excluding carboxylic acids is 2. The van der Waals surface area contributed by atoms with Crippen LogP contribution in [0.25, 0.3) is 10.9 Å². The minimum atomic E-state index is -0.321. The van der Waals surface area contributed by atoms with Crippen molar-refractivity contribution in [1.82, 2.24) is 24.9 Å². The molecule has 2 aliphatic rings. The Morgan fingerprint density at radius 1 is 1.10 bits per heavy atom. The zero-order valence-corrected chi connectivity index (χ0v) is 16.7. The number of rotatable bonds is 4. The van der Waals surface area contributed by atoms with Crippen LogP contribution in [0, 0.1) is 6.42 Å². The molecule has 4 rings (SSSR count). The molecule has 1 aromatic heterocycles. The van der Waals surface area contributed by atoms with Crippen LogP contribution in [-0.4, -0.2) is 82.1 Å². The number of aromatic amines is 1. The van der Waals surface area contributed by atoms with Gasteiger partial charge in [0.2, 0.25) is 5.91 Å². The van der Waals surface area contributed by atoms with Crippen LogP contribution in [-0.2, 0) is 11.2 Å². The quantitative estimate of drug-likeness (QED) is 0.814. The van der Waals surface area contributed by atoms with Crippen LogP contribution in [0.15, 0.2) is 24.4 Å². The van der Waals surface area contributed by atoms with Gasteiger partial charge in [0.15, 0.2) is 0 Å². The predicted molar refractivity (Wildman–Crippen MR) is 111 cm³/mol. The highest BCUT2D eigenvalue weighted by molar-refractivity contribution is 5.85. The van der Waals surface area contributed by atoms with Gasteiger partial charge >= 0.3 is 6.03 Å². The molecule has 1 radical (unpaired) electrons. The molecule has 0 saturated carbocycles. The number of benzene rings is 1. The van der Waals surface area contributed by atoms with Crippen LogP contribution in [0.1, 0.15) is 24.8 Å². The topological polar surface area (TPSA) is 98.6 Å². The lowest BCUT2D eigenvalue weighted by molar-refractivity contribution is -0.127. The fraction of sp³-hybridized carbons (Fsp3) is 0.524. The molecule has 2 fully saturated rings. The van der Waals surface area contributed by atoms with Gasteiger partial charge in [-0.15, -0.1) is 0 Å². The summed E-state index contributed by atoms with van der Waals surface area (Å²) in [5.41, 5.74) is 7.51. The van der Waals surface area contributed by atoms with Crippen molar-refractivity contribution < 1.29 is 9.59 Å². The van der Waals surface area contributed by atoms with Crippen LogP contribution in [0.4, 0.5) is 4.79 Å². The van der Waals surface area contributed by atoms with E-state index in [2.05, 4.69) is 21.2 Å². The summed E-state index contributed by atoms with van der Waals surface area (Å²) in [4.78, 5) is 30.2. The molecule has 155 valence electrons. The first kappa shape index (κ1) is 19.7. The Labute approximate surface area is 171 Å². The predicted octanol–water partition coefficient (Wildman–Crippen LogP) is 1.39. The molecule has 1 aromatic carbocycles. The van der Waals surface area contributed by atoms with Crippen molar-refractivity contribution in [2.75, 3.05) is 39.3 Å². The highest BCUT2D eigenvalue weighted by Crippen LogP contribution is 2.19. The Morgan fingerprint density at radius 3 is 2.72 bits per heavy atom. The minimum Gasteiger partial charge on any atom is -0.351 e. The van der Waals surface area contributed by atoms with E-state index in [0.717, 1.165) is 75.0 Å². The van der Waals surface area contributed by atoms with Crippen molar-refractivity contribution in [2.45, 2.75) is 31.7 Å². The molecule has 29 heavy (non-hydrogen) atoms. The Balaban J connectivity index is 1.25. The molecule has 0 spiro atoms. The molecule has 8 heteroatoms. The van der Waals surface area contributed by atoms with E-state index in [-0.39, 0.29) is 11.9 Å². The Bertz CT molecular complexity index is 858. The molecule has 3 amide bonds. The van der Waals surface area contributed by atoms with E-state index in [1.165, 1.54) is 0 Å². The third kappa shape index (κ3) is 4.70. The average Bonchev–Trinajstić information content (AvgIpc) is 3.06. The first-order chi connectivity index (χ1) is 14.1. The molecule has 0 atom stereocenters. The number of primary amides is 1. The highest BCUT2D eigenvalue weighted by Gasteiger charge is 2.28. The van der Waals surface area contributed by atoms with Crippen molar-refractivity contribution >= 4 is 22.8 Å². The second kappa shape index (κ2) is 8.82. The summed E-state index contributed by atoms with van der Waals surface area (Å²) in [5, 5.41) is 8.05. The van der Waals surface area contributed by atoms with Gasteiger partial charge in [0.25, 0.3) is 0 Å². The van der Waals surface area contributed by atoms with Gasteiger partial charge < -0.3 is 15.5 Å². The van der Waals surface area contributed by atoms with Gasteiger partial charge in [0.1, 0.15) is 0 Å². The lowest BCUT2D eigenvalue weighted by Gasteiger charge is -2.37. The maximum Gasteiger partial charge on any atom is 0.314 e. The van der Waals surface area contributed by atoms with Crippen molar-refractivity contribution in [3.05, 3.63) is 36.4 Å². The zero-order chi connectivity index (χ0) is 20.2. The summed E-state index contributed by atoms with van der Waals surface area (Å²) in [6.07, 6.45) is 7.13. The standard InChI is InChI=1S/C21H29N6O2/c22-21(29)27-10-6-18(7-11-27)25-8-1-9-26(13-12-25)20(28)5-3-16-2-4-19-17(14-16)15-23-24-19/h2,4-5,14-15,18H,1,3,6-13H2,(H2,22,29)(H,23,24).